The summed E-state index contributed by atoms with van der Waals surface area (Å²) in [6.45, 7) is 2.00. The van der Waals surface area contributed by atoms with Gasteiger partial charge in [0.15, 0.2) is 24.8 Å². The van der Waals surface area contributed by atoms with Crippen molar-refractivity contribution in [1.29, 1.82) is 0 Å². The molecule has 0 saturated heterocycles. The molecule has 0 aromatic carbocycles. The first-order valence-electron chi connectivity index (χ1n) is 7.66. The predicted molar refractivity (Wildman–Crippen MR) is 91.2 cm³/mol. The Morgan fingerprint density at radius 1 is 0.815 bits per heavy atom. The Balaban J connectivity index is 0.00000338. The lowest BCUT2D eigenvalue weighted by atomic mass is 10.4. The Bertz CT molecular complexity index is 770. The molecule has 0 unspecified atom stereocenters. The number of hydrogen-bond donors (Lipinski definition) is 2. The number of carbonyl (C=O) groups is 2. The van der Waals surface area contributed by atoms with Gasteiger partial charge in [0.05, 0.1) is 11.9 Å². The van der Waals surface area contributed by atoms with Gasteiger partial charge >= 0.3 is 11.8 Å². The van der Waals surface area contributed by atoms with E-state index >= 15 is 0 Å². The van der Waals surface area contributed by atoms with E-state index in [0.29, 0.717) is 5.71 Å². The molecule has 2 aromatic rings. The Labute approximate surface area is 169 Å². The summed E-state index contributed by atoms with van der Waals surface area (Å²) >= 11 is 0. The lowest BCUT2D eigenvalue weighted by Crippen LogP contribution is -3.00. The first-order chi connectivity index (χ1) is 12.1. The van der Waals surface area contributed by atoms with Crippen molar-refractivity contribution in [2.45, 2.75) is 20.0 Å². The van der Waals surface area contributed by atoms with E-state index in [2.05, 4.69) is 21.1 Å². The SMILES string of the molecule is CC(C=NNC(=O)C[n+]1ccccc1)=NNC(=O)C[n+]1ccccc1.[Cl-].[Cl-]. The zero-order valence-corrected chi connectivity index (χ0v) is 16.1. The van der Waals surface area contributed by atoms with Crippen LogP contribution in [0.25, 0.3) is 0 Å². The van der Waals surface area contributed by atoms with E-state index in [9.17, 15) is 9.59 Å². The normalized spacial score (nSPS) is 10.5. The molecule has 0 saturated carbocycles. The fourth-order valence-electron chi connectivity index (χ4n) is 1.86. The molecule has 10 heteroatoms. The van der Waals surface area contributed by atoms with Crippen LogP contribution in [0, 0.1) is 0 Å². The Morgan fingerprint density at radius 2 is 1.26 bits per heavy atom. The van der Waals surface area contributed by atoms with Crippen LogP contribution in [0.15, 0.2) is 71.4 Å². The zero-order valence-electron chi connectivity index (χ0n) is 14.6. The monoisotopic (exact) mass is 410 g/mol. The molecule has 0 fully saturated rings. The Morgan fingerprint density at radius 3 is 1.74 bits per heavy atom. The average molecular weight is 411 g/mol. The molecule has 0 aliphatic heterocycles. The molecule has 2 aromatic heterocycles. The summed E-state index contributed by atoms with van der Waals surface area (Å²) in [5, 5.41) is 7.70. The minimum atomic E-state index is -0.259. The maximum Gasteiger partial charge on any atom is 0.305 e. The van der Waals surface area contributed by atoms with Gasteiger partial charge in [-0.25, -0.2) is 10.9 Å². The van der Waals surface area contributed by atoms with Crippen molar-refractivity contribution in [1.82, 2.24) is 10.9 Å². The number of nitrogens with zero attached hydrogens (tertiary/aromatic N) is 4. The minimum absolute atomic E-state index is 0. The third kappa shape index (κ3) is 10.0. The number of rotatable bonds is 7. The highest BCUT2D eigenvalue weighted by Gasteiger charge is 2.08. The van der Waals surface area contributed by atoms with E-state index in [1.54, 1.807) is 40.8 Å². The molecule has 0 bridgehead atoms. The lowest BCUT2D eigenvalue weighted by molar-refractivity contribution is -0.684. The predicted octanol–water partition coefficient (Wildman–Crippen LogP) is -6.44. The minimum Gasteiger partial charge on any atom is -1.00 e. The number of aromatic nitrogens is 2. The van der Waals surface area contributed by atoms with Crippen LogP contribution in [-0.4, -0.2) is 23.7 Å². The topological polar surface area (TPSA) is 90.7 Å². The van der Waals surface area contributed by atoms with Gasteiger partial charge in [0.1, 0.15) is 0 Å². The molecule has 2 rings (SSSR count). The average Bonchev–Trinajstić information content (AvgIpc) is 2.62. The van der Waals surface area contributed by atoms with Gasteiger partial charge in [-0.1, -0.05) is 12.1 Å². The number of amides is 2. The van der Waals surface area contributed by atoms with Crippen molar-refractivity contribution in [2.75, 3.05) is 0 Å². The second kappa shape index (κ2) is 13.4. The third-order valence-corrected chi connectivity index (χ3v) is 3.00. The molecule has 144 valence electrons. The van der Waals surface area contributed by atoms with Gasteiger partial charge in [-0.3, -0.25) is 9.59 Å². The fraction of sp³-hybridized carbons (Fsp3) is 0.176. The first kappa shape index (κ1) is 24.2. The van der Waals surface area contributed by atoms with E-state index in [4.69, 9.17) is 0 Å². The highest BCUT2D eigenvalue weighted by molar-refractivity contribution is 6.29. The zero-order chi connectivity index (χ0) is 17.9. The lowest BCUT2D eigenvalue weighted by Gasteiger charge is -1.98. The number of hydrazone groups is 2. The summed E-state index contributed by atoms with van der Waals surface area (Å²) in [7, 11) is 0. The molecule has 0 aliphatic rings. The van der Waals surface area contributed by atoms with Crippen molar-refractivity contribution in [2.24, 2.45) is 10.2 Å². The molecule has 0 atom stereocenters. The first-order valence-corrected chi connectivity index (χ1v) is 7.66. The van der Waals surface area contributed by atoms with Crippen LogP contribution in [-0.2, 0) is 22.7 Å². The molecule has 2 heterocycles. The molecule has 8 nitrogen and oxygen atoms in total. The summed E-state index contributed by atoms with van der Waals surface area (Å²) in [4.78, 5) is 23.5. The van der Waals surface area contributed by atoms with Crippen LogP contribution in [0.4, 0.5) is 0 Å². The maximum absolute atomic E-state index is 11.7. The van der Waals surface area contributed by atoms with E-state index < -0.39 is 0 Å². The molecular formula is C17H20Cl2N6O2. The number of hydrogen-bond acceptors (Lipinski definition) is 4. The van der Waals surface area contributed by atoms with Crippen molar-refractivity contribution in [3.05, 3.63) is 61.2 Å². The highest BCUT2D eigenvalue weighted by Crippen LogP contribution is 1.79. The number of halogens is 2. The van der Waals surface area contributed by atoms with E-state index in [-0.39, 0.29) is 49.7 Å². The van der Waals surface area contributed by atoms with Crippen LogP contribution >= 0.6 is 0 Å². The molecule has 2 N–H and O–H groups in total. The Hall–Kier alpha value is -2.84. The molecular weight excluding hydrogens is 391 g/mol. The smallest absolute Gasteiger partial charge is 0.305 e. The van der Waals surface area contributed by atoms with Crippen molar-refractivity contribution >= 4 is 23.7 Å². The van der Waals surface area contributed by atoms with Crippen LogP contribution < -0.4 is 44.8 Å². The van der Waals surface area contributed by atoms with Crippen LogP contribution in [0.1, 0.15) is 6.92 Å². The van der Waals surface area contributed by atoms with Gasteiger partial charge in [-0.2, -0.15) is 19.3 Å². The summed E-state index contributed by atoms with van der Waals surface area (Å²) in [6.07, 6.45) is 8.52. The summed E-state index contributed by atoms with van der Waals surface area (Å²) in [5.74, 6) is -0.516. The molecule has 27 heavy (non-hydrogen) atoms. The van der Waals surface area contributed by atoms with Gasteiger partial charge in [-0.05, 0) is 6.92 Å². The number of carbonyl (C=O) groups excluding carboxylic acids is 2. The second-order valence-electron chi connectivity index (χ2n) is 5.18. The van der Waals surface area contributed by atoms with Crippen molar-refractivity contribution in [3.63, 3.8) is 0 Å². The van der Waals surface area contributed by atoms with Crippen LogP contribution in [0.2, 0.25) is 0 Å². The molecule has 0 aliphatic carbocycles. The number of pyridine rings is 2. The van der Waals surface area contributed by atoms with Crippen molar-refractivity contribution < 1.29 is 43.5 Å². The number of nitrogens with one attached hydrogen (secondary N) is 2. The summed E-state index contributed by atoms with van der Waals surface area (Å²) in [6, 6.07) is 11.1. The fourth-order valence-corrected chi connectivity index (χ4v) is 1.86. The van der Waals surface area contributed by atoms with E-state index in [0.717, 1.165) is 0 Å². The summed E-state index contributed by atoms with van der Waals surface area (Å²) < 4.78 is 3.46. The largest absolute Gasteiger partial charge is 1.00 e. The molecule has 2 amide bonds. The van der Waals surface area contributed by atoms with Gasteiger partial charge in [-0.15, -0.1) is 0 Å². The third-order valence-electron chi connectivity index (χ3n) is 3.00. The van der Waals surface area contributed by atoms with Gasteiger partial charge in [0.25, 0.3) is 0 Å². The maximum atomic E-state index is 11.7. The van der Waals surface area contributed by atoms with E-state index in [1.165, 1.54) is 6.21 Å². The van der Waals surface area contributed by atoms with Crippen LogP contribution in [0.5, 0.6) is 0 Å². The van der Waals surface area contributed by atoms with Crippen molar-refractivity contribution in [3.8, 4) is 0 Å². The van der Waals surface area contributed by atoms with E-state index in [1.807, 2.05) is 36.4 Å². The van der Waals surface area contributed by atoms with Crippen LogP contribution in [0.3, 0.4) is 0 Å². The quantitative estimate of drug-likeness (QED) is 0.270. The van der Waals surface area contributed by atoms with Gasteiger partial charge < -0.3 is 24.8 Å². The van der Waals surface area contributed by atoms with Gasteiger partial charge in [0.2, 0.25) is 13.1 Å². The molecule has 0 radical (unpaired) electrons. The Kier molecular flexibility index (Phi) is 12.0. The second-order valence-corrected chi connectivity index (χ2v) is 5.18. The standard InChI is InChI=1S/C17H18N6O2.2ClH/c1-15(19-21-17(25)14-23-10-6-3-7-11-23)12-18-20-16(24)13-22-8-4-2-5-9-22;;/h2-12H,13-14H2,1H3;2*1H. The molecule has 0 spiro atoms. The van der Waals surface area contributed by atoms with Gasteiger partial charge in [0, 0.05) is 24.3 Å². The highest BCUT2D eigenvalue weighted by atomic mass is 35.5. The summed E-state index contributed by atoms with van der Waals surface area (Å²) in [5.41, 5.74) is 5.29.